The minimum Gasteiger partial charge on any atom is -0.481 e. The molecule has 4 rings (SSSR count). The molecule has 4 aromatic rings. The van der Waals surface area contributed by atoms with Gasteiger partial charge in [-0.1, -0.05) is 31.5 Å². The zero-order valence-corrected chi connectivity index (χ0v) is 17.7. The van der Waals surface area contributed by atoms with Gasteiger partial charge in [-0.05, 0) is 49.1 Å². The van der Waals surface area contributed by atoms with Crippen LogP contribution in [-0.4, -0.2) is 23.5 Å². The van der Waals surface area contributed by atoms with E-state index in [4.69, 9.17) is 9.15 Å². The number of ether oxygens (including phenoxy) is 1. The highest BCUT2D eigenvalue weighted by atomic mass is 16.5. The molecule has 6 nitrogen and oxygen atoms in total. The lowest BCUT2D eigenvalue weighted by Crippen LogP contribution is -2.37. The van der Waals surface area contributed by atoms with Crippen molar-refractivity contribution >= 4 is 27.8 Å². The molecule has 0 spiro atoms. The van der Waals surface area contributed by atoms with Gasteiger partial charge in [0.05, 0.1) is 0 Å². The second-order valence-electron chi connectivity index (χ2n) is 7.66. The summed E-state index contributed by atoms with van der Waals surface area (Å²) in [6.45, 7) is 4.28. The van der Waals surface area contributed by atoms with Gasteiger partial charge in [0.2, 0.25) is 0 Å². The van der Waals surface area contributed by atoms with E-state index < -0.39 is 6.10 Å². The first kappa shape index (κ1) is 20.7. The highest BCUT2D eigenvalue weighted by molar-refractivity contribution is 5.84. The maximum Gasteiger partial charge on any atom is 0.336 e. The van der Waals surface area contributed by atoms with E-state index in [1.165, 1.54) is 11.5 Å². The van der Waals surface area contributed by atoms with Gasteiger partial charge >= 0.3 is 5.63 Å². The minimum atomic E-state index is -0.675. The lowest BCUT2D eigenvalue weighted by Gasteiger charge is -2.15. The fourth-order valence-corrected chi connectivity index (χ4v) is 3.82. The summed E-state index contributed by atoms with van der Waals surface area (Å²) in [4.78, 5) is 27.6. The van der Waals surface area contributed by atoms with Gasteiger partial charge in [-0.2, -0.15) is 0 Å². The number of aromatic nitrogens is 1. The molecular formula is C25H26N2O4. The van der Waals surface area contributed by atoms with Gasteiger partial charge in [0, 0.05) is 41.2 Å². The van der Waals surface area contributed by atoms with Crippen LogP contribution in [0.5, 0.6) is 5.75 Å². The Hall–Kier alpha value is -3.54. The number of aryl methyl sites for hydroxylation is 1. The van der Waals surface area contributed by atoms with E-state index in [1.54, 1.807) is 19.1 Å². The third kappa shape index (κ3) is 4.63. The summed E-state index contributed by atoms with van der Waals surface area (Å²) in [6.07, 6.45) is 3.77. The average molecular weight is 418 g/mol. The molecule has 6 heteroatoms. The van der Waals surface area contributed by atoms with Gasteiger partial charge in [-0.25, -0.2) is 4.79 Å². The number of aromatic amines is 1. The molecule has 0 aliphatic heterocycles. The lowest BCUT2D eigenvalue weighted by molar-refractivity contribution is -0.127. The van der Waals surface area contributed by atoms with Crippen molar-refractivity contribution in [2.75, 3.05) is 6.54 Å². The monoisotopic (exact) mass is 418 g/mol. The van der Waals surface area contributed by atoms with Crippen LogP contribution < -0.4 is 15.7 Å². The Morgan fingerprint density at radius 2 is 1.94 bits per heavy atom. The van der Waals surface area contributed by atoms with Gasteiger partial charge < -0.3 is 19.5 Å². The largest absolute Gasteiger partial charge is 0.481 e. The summed E-state index contributed by atoms with van der Waals surface area (Å²) in [5.74, 6) is 0.296. The quantitative estimate of drug-likeness (QED) is 0.417. The first-order valence-corrected chi connectivity index (χ1v) is 10.6. The molecule has 1 amide bonds. The third-order valence-corrected chi connectivity index (χ3v) is 5.37. The van der Waals surface area contributed by atoms with Gasteiger partial charge in [0.1, 0.15) is 11.3 Å². The standard InChI is InChI=1S/C25H26N2O4/c1-3-6-17-13-24(28)31-23-14-19(9-10-21(17)23)30-16(2)25(29)26-12-11-18-15-27-22-8-5-4-7-20(18)22/h4-5,7-10,13-16,27H,3,6,11-12H2,1-2H3,(H,26,29)/t16-/m1/s1. The molecule has 1 atom stereocenters. The fraction of sp³-hybridized carbons (Fsp3) is 0.280. The van der Waals surface area contributed by atoms with Crippen molar-refractivity contribution in [2.24, 2.45) is 0 Å². The van der Waals surface area contributed by atoms with Crippen molar-refractivity contribution in [3.8, 4) is 5.75 Å². The van der Waals surface area contributed by atoms with Crippen LogP contribution in [0.1, 0.15) is 31.4 Å². The Balaban J connectivity index is 1.38. The van der Waals surface area contributed by atoms with Crippen molar-refractivity contribution in [1.29, 1.82) is 0 Å². The molecule has 160 valence electrons. The molecule has 0 radical (unpaired) electrons. The van der Waals surface area contributed by atoms with Crippen LogP contribution >= 0.6 is 0 Å². The Labute approximate surface area is 180 Å². The van der Waals surface area contributed by atoms with Crippen LogP contribution in [0.25, 0.3) is 21.9 Å². The van der Waals surface area contributed by atoms with E-state index in [0.29, 0.717) is 17.9 Å². The summed E-state index contributed by atoms with van der Waals surface area (Å²) in [5, 5.41) is 4.99. The molecule has 2 aromatic carbocycles. The predicted octanol–water partition coefficient (Wildman–Crippen LogP) is 4.35. The minimum absolute atomic E-state index is 0.193. The van der Waals surface area contributed by atoms with Crippen molar-refractivity contribution in [2.45, 2.75) is 39.2 Å². The number of rotatable bonds is 8. The smallest absolute Gasteiger partial charge is 0.336 e. The Morgan fingerprint density at radius 1 is 1.10 bits per heavy atom. The summed E-state index contributed by atoms with van der Waals surface area (Å²) in [5.41, 5.74) is 3.31. The van der Waals surface area contributed by atoms with E-state index in [1.807, 2.05) is 30.5 Å². The first-order chi connectivity index (χ1) is 15.0. The van der Waals surface area contributed by atoms with Crippen molar-refractivity contribution < 1.29 is 13.9 Å². The Bertz CT molecular complexity index is 1270. The molecule has 2 heterocycles. The number of nitrogens with one attached hydrogen (secondary N) is 2. The normalized spacial score (nSPS) is 12.2. The molecule has 0 unspecified atom stereocenters. The van der Waals surface area contributed by atoms with Crippen molar-refractivity contribution in [3.05, 3.63) is 76.3 Å². The molecular weight excluding hydrogens is 392 g/mol. The second kappa shape index (κ2) is 9.08. The number of benzene rings is 2. The summed E-state index contributed by atoms with van der Waals surface area (Å²) in [6, 6.07) is 15.0. The van der Waals surface area contributed by atoms with Crippen LogP contribution in [0.15, 0.2) is 63.9 Å². The summed E-state index contributed by atoms with van der Waals surface area (Å²) in [7, 11) is 0. The van der Waals surface area contributed by atoms with E-state index in [-0.39, 0.29) is 11.5 Å². The number of hydrogen-bond acceptors (Lipinski definition) is 4. The Morgan fingerprint density at radius 3 is 2.77 bits per heavy atom. The van der Waals surface area contributed by atoms with E-state index in [0.717, 1.165) is 41.3 Å². The van der Waals surface area contributed by atoms with Crippen LogP contribution in [0.4, 0.5) is 0 Å². The average Bonchev–Trinajstić information content (AvgIpc) is 3.16. The third-order valence-electron chi connectivity index (χ3n) is 5.37. The number of carbonyl (C=O) groups is 1. The van der Waals surface area contributed by atoms with Gasteiger partial charge in [0.15, 0.2) is 6.10 Å². The number of carbonyl (C=O) groups excluding carboxylic acids is 1. The topological polar surface area (TPSA) is 84.3 Å². The zero-order chi connectivity index (χ0) is 21.8. The highest BCUT2D eigenvalue weighted by Crippen LogP contribution is 2.24. The molecule has 0 aliphatic rings. The number of H-pyrrole nitrogens is 1. The van der Waals surface area contributed by atoms with Crippen molar-refractivity contribution in [3.63, 3.8) is 0 Å². The van der Waals surface area contributed by atoms with E-state index in [9.17, 15) is 9.59 Å². The summed E-state index contributed by atoms with van der Waals surface area (Å²) >= 11 is 0. The second-order valence-corrected chi connectivity index (χ2v) is 7.66. The number of amides is 1. The van der Waals surface area contributed by atoms with Crippen LogP contribution in [0.3, 0.4) is 0 Å². The van der Waals surface area contributed by atoms with Gasteiger partial charge in [-0.3, -0.25) is 4.79 Å². The number of para-hydroxylation sites is 1. The maximum atomic E-state index is 12.5. The molecule has 2 N–H and O–H groups in total. The molecule has 0 fully saturated rings. The lowest BCUT2D eigenvalue weighted by atomic mass is 10.1. The molecule has 0 aliphatic carbocycles. The number of hydrogen-bond donors (Lipinski definition) is 2. The summed E-state index contributed by atoms with van der Waals surface area (Å²) < 4.78 is 11.1. The van der Waals surface area contributed by atoms with Crippen LogP contribution in [0.2, 0.25) is 0 Å². The van der Waals surface area contributed by atoms with Crippen LogP contribution in [-0.2, 0) is 17.6 Å². The molecule has 2 aromatic heterocycles. The predicted molar refractivity (Wildman–Crippen MR) is 122 cm³/mol. The first-order valence-electron chi connectivity index (χ1n) is 10.6. The zero-order valence-electron chi connectivity index (χ0n) is 17.7. The Kier molecular flexibility index (Phi) is 6.07. The molecule has 0 bridgehead atoms. The fourth-order valence-electron chi connectivity index (χ4n) is 3.82. The highest BCUT2D eigenvalue weighted by Gasteiger charge is 2.15. The van der Waals surface area contributed by atoms with E-state index >= 15 is 0 Å². The molecule has 31 heavy (non-hydrogen) atoms. The van der Waals surface area contributed by atoms with Gasteiger partial charge in [0.25, 0.3) is 5.91 Å². The SMILES string of the molecule is CCCc1cc(=O)oc2cc(O[C@H](C)C(=O)NCCc3c[nH]c4ccccc34)ccc12. The maximum absolute atomic E-state index is 12.5. The van der Waals surface area contributed by atoms with Crippen molar-refractivity contribution in [1.82, 2.24) is 10.3 Å². The van der Waals surface area contributed by atoms with Crippen LogP contribution in [0, 0.1) is 0 Å². The van der Waals surface area contributed by atoms with E-state index in [2.05, 4.69) is 23.3 Å². The molecule has 0 saturated heterocycles. The number of fused-ring (bicyclic) bond motifs is 2. The van der Waals surface area contributed by atoms with Gasteiger partial charge in [-0.15, -0.1) is 0 Å². The molecule has 0 saturated carbocycles.